The van der Waals surface area contributed by atoms with Crippen LogP contribution in [0.5, 0.6) is 0 Å². The summed E-state index contributed by atoms with van der Waals surface area (Å²) in [6.45, 7) is 28.8. The molecule has 22 heteroatoms. The maximum atomic E-state index is 14.4. The molecule has 0 bridgehead atoms. The third-order valence-electron chi connectivity index (χ3n) is 12.6. The Bertz CT molecular complexity index is 2550. The molecule has 0 atom stereocenters. The highest BCUT2D eigenvalue weighted by Gasteiger charge is 2.54. The van der Waals surface area contributed by atoms with Gasteiger partial charge in [-0.05, 0) is 173 Å². The van der Waals surface area contributed by atoms with Crippen molar-refractivity contribution in [1.82, 2.24) is 9.80 Å². The molecule has 4 amide bonds. The average Bonchev–Trinajstić information content (AvgIpc) is 3.14. The highest BCUT2D eigenvalue weighted by atomic mass is 28.5. The zero-order valence-electron chi connectivity index (χ0n) is 40.7. The Morgan fingerprint density at radius 2 is 0.561 bits per heavy atom. The third-order valence-corrected chi connectivity index (χ3v) is 45.7. The van der Waals surface area contributed by atoms with Crippen LogP contribution in [0.4, 0.5) is 0 Å². The molecule has 0 aromatic heterocycles. The molecule has 2 saturated heterocycles. The first kappa shape index (κ1) is 48.1. The van der Waals surface area contributed by atoms with E-state index in [1.165, 1.54) is 9.80 Å². The molecule has 4 aliphatic rings. The molecule has 0 unspecified atom stereocenters. The zero-order chi connectivity index (χ0) is 47.9. The molecule has 14 nitrogen and oxygen atoms in total. The van der Waals surface area contributed by atoms with Crippen molar-refractivity contribution in [2.24, 2.45) is 0 Å². The monoisotopic (exact) mass is 1030 g/mol. The minimum absolute atomic E-state index is 0.210. The number of hydrogen-bond donors (Lipinski definition) is 0. The van der Waals surface area contributed by atoms with Gasteiger partial charge in [0.25, 0.3) is 23.6 Å². The molecule has 5 aromatic carbocycles. The van der Waals surface area contributed by atoms with E-state index in [4.69, 9.17) is 32.9 Å². The first-order valence-electron chi connectivity index (χ1n) is 23.0. The van der Waals surface area contributed by atoms with Crippen molar-refractivity contribution < 1.29 is 52.1 Å². The van der Waals surface area contributed by atoms with Crippen LogP contribution in [0.25, 0.3) is 43.1 Å². The molecular formula is C44H62N2O12Si8. The van der Waals surface area contributed by atoms with Crippen LogP contribution in [0, 0.1) is 0 Å². The topological polar surface area (TPSA) is 149 Å². The number of hydrogen-bond acceptors (Lipinski definition) is 12. The predicted octanol–water partition coefficient (Wildman–Crippen LogP) is 10.2. The zero-order valence-corrected chi connectivity index (χ0v) is 48.7. The molecule has 0 N–H and O–H groups in total. The second-order valence-electron chi connectivity index (χ2n) is 21.4. The lowest BCUT2D eigenvalue weighted by molar-refractivity contribution is 0.0594. The molecule has 0 spiro atoms. The highest BCUT2D eigenvalue weighted by Crippen LogP contribution is 2.47. The lowest BCUT2D eigenvalue weighted by Gasteiger charge is -2.47. The van der Waals surface area contributed by atoms with Crippen molar-refractivity contribution >= 4 is 135 Å². The fourth-order valence-corrected chi connectivity index (χ4v) is 54.9. The van der Waals surface area contributed by atoms with Crippen LogP contribution in [0.15, 0.2) is 48.5 Å². The second-order valence-corrected chi connectivity index (χ2v) is 50.2. The summed E-state index contributed by atoms with van der Waals surface area (Å²) in [5.74, 6) is -1.36. The molecule has 0 radical (unpaired) electrons. The SMILES string of the molecule is C[Si]1(C)O[Si](C)(C)O[Si](C)(CCCN2C(=O)c3ccc4c5ccc6c7c(ccc(c8ccc(c3c48)C2=O)c75)C(=O)N(CCC[Si]2(C)O[Si](C)(C)O[Si](C)(C)O[Si](C)(C)O2)C6=O)O[Si](C)(C)O1. The number of imide groups is 2. The van der Waals surface area contributed by atoms with Crippen molar-refractivity contribution in [3.8, 4) is 0 Å². The van der Waals surface area contributed by atoms with Gasteiger partial charge in [-0.2, -0.15) is 0 Å². The van der Waals surface area contributed by atoms with E-state index in [0.29, 0.717) is 58.0 Å². The molecule has 352 valence electrons. The molecule has 0 aliphatic carbocycles. The quantitative estimate of drug-likeness (QED) is 0.0630. The van der Waals surface area contributed by atoms with Gasteiger partial charge in [0.05, 0.1) is 0 Å². The third kappa shape index (κ3) is 8.72. The Morgan fingerprint density at radius 1 is 0.333 bits per heavy atom. The van der Waals surface area contributed by atoms with Crippen molar-refractivity contribution in [3.05, 3.63) is 70.8 Å². The van der Waals surface area contributed by atoms with Crippen LogP contribution < -0.4 is 0 Å². The number of nitrogens with zero attached hydrogens (tertiary/aromatic N) is 2. The summed E-state index contributed by atoms with van der Waals surface area (Å²) in [6, 6.07) is 16.1. The van der Waals surface area contributed by atoms with E-state index in [1.54, 1.807) is 0 Å². The number of amides is 4. The number of benzene rings is 5. The van der Waals surface area contributed by atoms with Crippen LogP contribution in [-0.2, 0) is 32.9 Å². The summed E-state index contributed by atoms with van der Waals surface area (Å²) in [4.78, 5) is 60.2. The molecule has 4 heterocycles. The van der Waals surface area contributed by atoms with Crippen LogP contribution in [0.3, 0.4) is 0 Å². The smallest absolute Gasteiger partial charge is 0.317 e. The normalized spacial score (nSPS) is 23.9. The summed E-state index contributed by atoms with van der Waals surface area (Å²) in [7, 11) is -20.9. The van der Waals surface area contributed by atoms with Gasteiger partial charge in [-0.1, -0.05) is 24.3 Å². The van der Waals surface area contributed by atoms with Crippen LogP contribution >= 0.6 is 0 Å². The number of carbonyl (C=O) groups excluding carboxylic acids is 4. The largest absolute Gasteiger partial charge is 0.416 e. The number of rotatable bonds is 8. The minimum atomic E-state index is -2.83. The molecule has 5 aromatic rings. The number of carbonyl (C=O) groups is 4. The van der Waals surface area contributed by atoms with E-state index >= 15 is 0 Å². The van der Waals surface area contributed by atoms with Gasteiger partial charge in [0.1, 0.15) is 0 Å². The highest BCUT2D eigenvalue weighted by molar-refractivity contribution is 6.94. The van der Waals surface area contributed by atoms with Crippen molar-refractivity contribution in [3.63, 3.8) is 0 Å². The van der Waals surface area contributed by atoms with Crippen LogP contribution in [0.2, 0.25) is 104 Å². The first-order valence-corrected chi connectivity index (χ1v) is 44.9. The van der Waals surface area contributed by atoms with Gasteiger partial charge in [0, 0.05) is 46.1 Å². The average molecular weight is 1040 g/mol. The Balaban J connectivity index is 0.985. The summed E-state index contributed by atoms with van der Waals surface area (Å²) < 4.78 is 53.2. The van der Waals surface area contributed by atoms with Crippen molar-refractivity contribution in [1.29, 1.82) is 0 Å². The van der Waals surface area contributed by atoms with Gasteiger partial charge in [0.15, 0.2) is 0 Å². The van der Waals surface area contributed by atoms with E-state index in [1.807, 2.05) is 140 Å². The molecule has 2 fully saturated rings. The first-order chi connectivity index (χ1) is 30.4. The van der Waals surface area contributed by atoms with E-state index < -0.39 is 68.5 Å². The summed E-state index contributed by atoms with van der Waals surface area (Å²) >= 11 is 0. The fraction of sp³-hybridized carbons (Fsp3) is 0.455. The molecular weight excluding hydrogens is 973 g/mol. The molecule has 0 saturated carbocycles. The Hall–Kier alpha value is -2.90. The Kier molecular flexibility index (Phi) is 11.5. The maximum Gasteiger partial charge on any atom is 0.317 e. The van der Waals surface area contributed by atoms with Gasteiger partial charge < -0.3 is 32.9 Å². The lowest BCUT2D eigenvalue weighted by Crippen LogP contribution is -2.65. The van der Waals surface area contributed by atoms with Crippen molar-refractivity contribution in [2.75, 3.05) is 13.1 Å². The van der Waals surface area contributed by atoms with Gasteiger partial charge in [-0.3, -0.25) is 29.0 Å². The van der Waals surface area contributed by atoms with Gasteiger partial charge in [-0.15, -0.1) is 0 Å². The predicted molar refractivity (Wildman–Crippen MR) is 274 cm³/mol. The molecule has 9 rings (SSSR count). The second kappa shape index (κ2) is 15.8. The number of fused-ring (bicyclic) bond motifs is 2. The Morgan fingerprint density at radius 3 is 0.803 bits per heavy atom. The van der Waals surface area contributed by atoms with E-state index in [2.05, 4.69) is 0 Å². The summed E-state index contributed by atoms with van der Waals surface area (Å²) in [6.07, 6.45) is 1.02. The van der Waals surface area contributed by atoms with E-state index in [9.17, 15) is 19.2 Å². The minimum Gasteiger partial charge on any atom is -0.416 e. The van der Waals surface area contributed by atoms with Gasteiger partial charge >= 0.3 is 68.5 Å². The van der Waals surface area contributed by atoms with E-state index in [-0.39, 0.29) is 36.7 Å². The van der Waals surface area contributed by atoms with Crippen LogP contribution in [0.1, 0.15) is 54.3 Å². The van der Waals surface area contributed by atoms with E-state index in [0.717, 1.165) is 32.3 Å². The summed E-state index contributed by atoms with van der Waals surface area (Å²) in [5, 5.41) is 6.26. The Labute approximate surface area is 395 Å². The van der Waals surface area contributed by atoms with Crippen LogP contribution in [-0.4, -0.2) is 115 Å². The molecule has 4 aliphatic heterocycles. The summed E-state index contributed by atoms with van der Waals surface area (Å²) in [5.41, 5.74) is 1.86. The maximum absolute atomic E-state index is 14.4. The van der Waals surface area contributed by atoms with Gasteiger partial charge in [0.2, 0.25) is 0 Å². The standard InChI is InChI=1S/C44H62N2O12Si8/c1-59(2)51-61(5,6)55-65(13,56-62(7,8)52-59)27-15-25-45-41(47)33-21-17-29-31-19-23-35-40-36(24-20-32(38(31)40)30-18-22-34(42(45)48)39(33)37(29)30)44(50)46(43(35)49)26-16-28-66(14)57-63(9,10)53-60(3,4)54-64(11,12)58-66/h17-24H,15-16,25-28H2,1-14H3. The molecule has 66 heavy (non-hydrogen) atoms. The van der Waals surface area contributed by atoms with Crippen molar-refractivity contribution in [2.45, 2.75) is 117 Å². The lowest BCUT2D eigenvalue weighted by atomic mass is 9.82. The fourth-order valence-electron chi connectivity index (χ4n) is 11.7. The van der Waals surface area contributed by atoms with Gasteiger partial charge in [-0.25, -0.2) is 0 Å².